The summed E-state index contributed by atoms with van der Waals surface area (Å²) in [5.41, 5.74) is 4.66. The smallest absolute Gasteiger partial charge is 0.102 e. The summed E-state index contributed by atoms with van der Waals surface area (Å²) >= 11 is 12.9. The summed E-state index contributed by atoms with van der Waals surface area (Å²) in [6.45, 7) is 0. The van der Waals surface area contributed by atoms with Crippen LogP contribution in [0.5, 0.6) is 0 Å². The third-order valence-electron chi connectivity index (χ3n) is 4.97. The van der Waals surface area contributed by atoms with Gasteiger partial charge in [0.15, 0.2) is 0 Å². The quantitative estimate of drug-likeness (QED) is 0.207. The number of halogens is 2. The third-order valence-corrected chi connectivity index (χ3v) is 5.40. The van der Waals surface area contributed by atoms with Crippen LogP contribution in [0.3, 0.4) is 0 Å². The Labute approximate surface area is 194 Å². The van der Waals surface area contributed by atoms with Crippen molar-refractivity contribution >= 4 is 68.8 Å². The molecule has 1 heterocycles. The van der Waals surface area contributed by atoms with E-state index in [0.717, 1.165) is 33.3 Å². The number of aliphatic imine (C=N–C) groups is 2. The fraction of sp³-hybridized carbons (Fsp3) is 0. The molecule has 0 spiro atoms. The topological polar surface area (TPSA) is 50.5 Å². The highest BCUT2D eigenvalue weighted by Crippen LogP contribution is 2.31. The molecule has 154 valence electrons. The summed E-state index contributed by atoms with van der Waals surface area (Å²) in [4.78, 5) is 9.09. The van der Waals surface area contributed by atoms with Gasteiger partial charge in [-0.15, -0.1) is 10.2 Å². The van der Waals surface area contributed by atoms with Crippen LogP contribution in [0.25, 0.3) is 21.8 Å². The number of rotatable bonds is 4. The summed E-state index contributed by atoms with van der Waals surface area (Å²) in [5.74, 6) is 0. The van der Waals surface area contributed by atoms with Crippen molar-refractivity contribution in [2.75, 3.05) is 0 Å². The van der Waals surface area contributed by atoms with Gasteiger partial charge in [-0.05, 0) is 48.5 Å². The maximum atomic E-state index is 6.46. The molecule has 0 aliphatic heterocycles. The molecule has 0 saturated heterocycles. The second-order valence-corrected chi connectivity index (χ2v) is 8.04. The lowest BCUT2D eigenvalue weighted by Crippen LogP contribution is -1.96. The van der Waals surface area contributed by atoms with Crippen molar-refractivity contribution in [3.05, 3.63) is 106 Å². The van der Waals surface area contributed by atoms with Crippen LogP contribution in [0.4, 0.5) is 11.4 Å². The minimum atomic E-state index is 0.584. The molecule has 6 heteroatoms. The van der Waals surface area contributed by atoms with E-state index in [1.165, 1.54) is 0 Å². The Hall–Kier alpha value is -3.60. The maximum Gasteiger partial charge on any atom is 0.102 e. The molecule has 5 rings (SSSR count). The van der Waals surface area contributed by atoms with Gasteiger partial charge in [0, 0.05) is 44.4 Å². The van der Waals surface area contributed by atoms with Crippen LogP contribution in [0.15, 0.2) is 94.9 Å². The number of aromatic nitrogens is 2. The van der Waals surface area contributed by atoms with Crippen molar-refractivity contribution in [1.82, 2.24) is 10.2 Å². The highest BCUT2D eigenvalue weighted by Gasteiger charge is 2.12. The van der Waals surface area contributed by atoms with E-state index in [-0.39, 0.29) is 0 Å². The molecule has 4 nitrogen and oxygen atoms in total. The van der Waals surface area contributed by atoms with E-state index >= 15 is 0 Å². The van der Waals surface area contributed by atoms with Gasteiger partial charge in [0.25, 0.3) is 0 Å². The molecule has 5 aromatic rings. The Kier molecular flexibility index (Phi) is 5.63. The van der Waals surface area contributed by atoms with E-state index in [1.54, 1.807) is 12.4 Å². The molecule has 0 fully saturated rings. The van der Waals surface area contributed by atoms with Gasteiger partial charge in [0.1, 0.15) is 11.0 Å². The first-order chi connectivity index (χ1) is 15.7. The van der Waals surface area contributed by atoms with Crippen molar-refractivity contribution in [2.45, 2.75) is 0 Å². The van der Waals surface area contributed by atoms with Gasteiger partial charge in [-0.1, -0.05) is 59.6 Å². The fourth-order valence-electron chi connectivity index (χ4n) is 3.49. The number of nitrogens with zero attached hydrogens (tertiary/aromatic N) is 4. The highest BCUT2D eigenvalue weighted by molar-refractivity contribution is 6.34. The molecule has 0 radical (unpaired) electrons. The second kappa shape index (κ2) is 8.87. The molecule has 4 aromatic carbocycles. The van der Waals surface area contributed by atoms with Gasteiger partial charge in [0.2, 0.25) is 0 Å². The highest BCUT2D eigenvalue weighted by atomic mass is 35.5. The number of para-hydroxylation sites is 2. The number of hydrogen-bond acceptors (Lipinski definition) is 4. The van der Waals surface area contributed by atoms with Crippen LogP contribution in [-0.2, 0) is 0 Å². The van der Waals surface area contributed by atoms with Gasteiger partial charge in [0.05, 0.1) is 11.4 Å². The summed E-state index contributed by atoms with van der Waals surface area (Å²) < 4.78 is 0. The lowest BCUT2D eigenvalue weighted by Gasteiger charge is -2.08. The van der Waals surface area contributed by atoms with E-state index < -0.39 is 0 Å². The Balaban J connectivity index is 1.66. The van der Waals surface area contributed by atoms with Crippen LogP contribution in [-0.4, -0.2) is 22.6 Å². The largest absolute Gasteiger partial charge is 0.256 e. The van der Waals surface area contributed by atoms with E-state index in [1.807, 2.05) is 84.9 Å². The molecule has 0 atom stereocenters. The zero-order valence-corrected chi connectivity index (χ0v) is 18.3. The average Bonchev–Trinajstić information content (AvgIpc) is 2.82. The molecule has 0 aliphatic rings. The standard InChI is InChI=1S/C26H16Cl2N4/c27-19-11-17(15-29-21-7-3-1-4-8-21)25-23(13-19)24-14-20(28)12-18(26(24)32-31-25)16-30-22-9-5-2-6-10-22/h1-16H/b29-15+,30-16+. The monoisotopic (exact) mass is 454 g/mol. The van der Waals surface area contributed by atoms with Gasteiger partial charge < -0.3 is 0 Å². The average molecular weight is 455 g/mol. The van der Waals surface area contributed by atoms with Crippen LogP contribution >= 0.6 is 23.2 Å². The van der Waals surface area contributed by atoms with E-state index in [4.69, 9.17) is 23.2 Å². The van der Waals surface area contributed by atoms with Crippen molar-refractivity contribution in [3.63, 3.8) is 0 Å². The molecule has 0 amide bonds. The van der Waals surface area contributed by atoms with Gasteiger partial charge in [-0.25, -0.2) is 0 Å². The SMILES string of the molecule is Clc1cc(/C=N/c2ccccc2)c2nnc3c(/C=N/c4ccccc4)cc(Cl)cc3c2c1. The van der Waals surface area contributed by atoms with Crippen LogP contribution in [0.2, 0.25) is 10.0 Å². The molecule has 0 unspecified atom stereocenters. The minimum absolute atomic E-state index is 0.584. The van der Waals surface area contributed by atoms with E-state index in [9.17, 15) is 0 Å². The number of hydrogen-bond donors (Lipinski definition) is 0. The molecule has 0 N–H and O–H groups in total. The predicted octanol–water partition coefficient (Wildman–Crippen LogP) is 7.59. The molecule has 0 saturated carbocycles. The summed E-state index contributed by atoms with van der Waals surface area (Å²) in [6, 6.07) is 26.8. The lowest BCUT2D eigenvalue weighted by atomic mass is 10.0. The lowest BCUT2D eigenvalue weighted by molar-refractivity contribution is 1.12. The van der Waals surface area contributed by atoms with E-state index in [2.05, 4.69) is 20.2 Å². The molecule has 0 aliphatic carbocycles. The zero-order valence-electron chi connectivity index (χ0n) is 16.8. The van der Waals surface area contributed by atoms with Crippen LogP contribution in [0, 0.1) is 0 Å². The van der Waals surface area contributed by atoms with Crippen LogP contribution in [0.1, 0.15) is 11.1 Å². The summed E-state index contributed by atoms with van der Waals surface area (Å²) in [6.07, 6.45) is 3.51. The Bertz CT molecular complexity index is 1370. The van der Waals surface area contributed by atoms with Gasteiger partial charge in [-0.2, -0.15) is 0 Å². The predicted molar refractivity (Wildman–Crippen MR) is 134 cm³/mol. The molecular formula is C26H16Cl2N4. The first kappa shape index (κ1) is 20.3. The van der Waals surface area contributed by atoms with Crippen molar-refractivity contribution in [3.8, 4) is 0 Å². The summed E-state index contributed by atoms with van der Waals surface area (Å²) in [5, 5.41) is 11.9. The van der Waals surface area contributed by atoms with Crippen molar-refractivity contribution in [2.24, 2.45) is 9.98 Å². The van der Waals surface area contributed by atoms with Crippen LogP contribution < -0.4 is 0 Å². The molecule has 32 heavy (non-hydrogen) atoms. The molecule has 0 bridgehead atoms. The number of fused-ring (bicyclic) bond motifs is 3. The van der Waals surface area contributed by atoms with Gasteiger partial charge >= 0.3 is 0 Å². The van der Waals surface area contributed by atoms with Crippen molar-refractivity contribution in [1.29, 1.82) is 0 Å². The summed E-state index contributed by atoms with van der Waals surface area (Å²) in [7, 11) is 0. The minimum Gasteiger partial charge on any atom is -0.256 e. The maximum absolute atomic E-state index is 6.46. The normalized spacial score (nSPS) is 11.8. The Morgan fingerprint density at radius 1 is 0.562 bits per heavy atom. The first-order valence-corrected chi connectivity index (χ1v) is 10.7. The zero-order chi connectivity index (χ0) is 21.9. The third kappa shape index (κ3) is 4.24. The first-order valence-electron chi connectivity index (χ1n) is 9.95. The Morgan fingerprint density at radius 3 is 1.38 bits per heavy atom. The fourth-order valence-corrected chi connectivity index (χ4v) is 3.94. The molecular weight excluding hydrogens is 439 g/mol. The molecule has 1 aromatic heterocycles. The second-order valence-electron chi connectivity index (χ2n) is 7.17. The van der Waals surface area contributed by atoms with Crippen molar-refractivity contribution < 1.29 is 0 Å². The van der Waals surface area contributed by atoms with Gasteiger partial charge in [-0.3, -0.25) is 9.98 Å². The number of benzene rings is 4. The van der Waals surface area contributed by atoms with E-state index in [0.29, 0.717) is 21.1 Å². The Morgan fingerprint density at radius 2 is 0.969 bits per heavy atom.